The zero-order valence-electron chi connectivity index (χ0n) is 12.6. The Balaban J connectivity index is 1.98. The van der Waals surface area contributed by atoms with Crippen LogP contribution in [0, 0.1) is 0 Å². The molecule has 2 rings (SSSR count). The zero-order chi connectivity index (χ0) is 14.4. The van der Waals surface area contributed by atoms with Crippen molar-refractivity contribution in [3.05, 3.63) is 11.7 Å². The Kier molecular flexibility index (Phi) is 5.94. The van der Waals surface area contributed by atoms with Crippen molar-refractivity contribution in [1.29, 1.82) is 0 Å². The molecule has 0 aromatic carbocycles. The minimum Gasteiger partial charge on any atom is -0.376 e. The third-order valence-corrected chi connectivity index (χ3v) is 3.65. The predicted octanol–water partition coefficient (Wildman–Crippen LogP) is 2.04. The fraction of sp³-hybridized carbons (Fsp3) is 0.857. The minimum absolute atomic E-state index is 0.192. The average Bonchev–Trinajstić information content (AvgIpc) is 2.98. The molecular weight excluding hydrogens is 258 g/mol. The molecule has 3 atom stereocenters. The first-order chi connectivity index (χ1) is 9.76. The highest BCUT2D eigenvalue weighted by atomic mass is 16.6. The van der Waals surface area contributed by atoms with Crippen molar-refractivity contribution >= 4 is 0 Å². The molecule has 0 aliphatic carbocycles. The lowest BCUT2D eigenvalue weighted by Gasteiger charge is -2.21. The second-order valence-corrected chi connectivity index (χ2v) is 5.18. The maximum Gasteiger partial charge on any atom is 0.231 e. The van der Waals surface area contributed by atoms with E-state index in [9.17, 15) is 0 Å². The summed E-state index contributed by atoms with van der Waals surface area (Å²) in [6.07, 6.45) is 1.95. The van der Waals surface area contributed by atoms with E-state index in [1.807, 2.05) is 0 Å². The maximum atomic E-state index is 5.58. The van der Waals surface area contributed by atoms with E-state index in [4.69, 9.17) is 14.0 Å². The van der Waals surface area contributed by atoms with Crippen molar-refractivity contribution in [1.82, 2.24) is 15.5 Å². The van der Waals surface area contributed by atoms with Gasteiger partial charge in [0.2, 0.25) is 11.7 Å². The van der Waals surface area contributed by atoms with E-state index >= 15 is 0 Å². The monoisotopic (exact) mass is 283 g/mol. The Hall–Kier alpha value is -0.980. The Bertz CT molecular complexity index is 391. The van der Waals surface area contributed by atoms with Gasteiger partial charge in [0, 0.05) is 6.04 Å². The summed E-state index contributed by atoms with van der Waals surface area (Å²) < 4.78 is 16.4. The summed E-state index contributed by atoms with van der Waals surface area (Å²) in [4.78, 5) is 4.49. The van der Waals surface area contributed by atoms with E-state index in [-0.39, 0.29) is 12.0 Å². The van der Waals surface area contributed by atoms with Crippen LogP contribution in [0.3, 0.4) is 0 Å². The number of hydrogen-bond acceptors (Lipinski definition) is 6. The van der Waals surface area contributed by atoms with Gasteiger partial charge >= 0.3 is 0 Å². The molecule has 6 nitrogen and oxygen atoms in total. The van der Waals surface area contributed by atoms with Crippen molar-refractivity contribution in [2.75, 3.05) is 26.4 Å². The third-order valence-electron chi connectivity index (χ3n) is 3.65. The molecule has 1 aromatic heterocycles. The molecular formula is C14H25N3O3. The van der Waals surface area contributed by atoms with Crippen LogP contribution in [0.25, 0.3) is 0 Å². The van der Waals surface area contributed by atoms with Gasteiger partial charge in [-0.15, -0.1) is 0 Å². The SMILES string of the molecule is CCCNC(CC)C(C)c1nc(C2COCCO2)no1. The van der Waals surface area contributed by atoms with Gasteiger partial charge in [0.25, 0.3) is 0 Å². The number of ether oxygens (including phenoxy) is 2. The highest BCUT2D eigenvalue weighted by Crippen LogP contribution is 2.23. The van der Waals surface area contributed by atoms with E-state index < -0.39 is 0 Å². The van der Waals surface area contributed by atoms with Gasteiger partial charge in [0.05, 0.1) is 25.7 Å². The van der Waals surface area contributed by atoms with Gasteiger partial charge in [0.1, 0.15) is 6.10 Å². The predicted molar refractivity (Wildman–Crippen MR) is 74.6 cm³/mol. The van der Waals surface area contributed by atoms with Crippen molar-refractivity contribution in [2.45, 2.75) is 51.7 Å². The smallest absolute Gasteiger partial charge is 0.231 e. The summed E-state index contributed by atoms with van der Waals surface area (Å²) in [5.41, 5.74) is 0. The standard InChI is InChI=1S/C14H25N3O3/c1-4-6-15-11(5-2)10(3)14-16-13(17-20-14)12-9-18-7-8-19-12/h10-12,15H,4-9H2,1-3H3. The van der Waals surface area contributed by atoms with Crippen LogP contribution >= 0.6 is 0 Å². The van der Waals surface area contributed by atoms with Crippen LogP contribution in [0.2, 0.25) is 0 Å². The van der Waals surface area contributed by atoms with Crippen molar-refractivity contribution in [2.24, 2.45) is 0 Å². The Morgan fingerprint density at radius 2 is 2.20 bits per heavy atom. The molecule has 20 heavy (non-hydrogen) atoms. The van der Waals surface area contributed by atoms with E-state index in [0.29, 0.717) is 37.6 Å². The molecule has 0 bridgehead atoms. The Morgan fingerprint density at radius 1 is 1.35 bits per heavy atom. The molecule has 1 saturated heterocycles. The second-order valence-electron chi connectivity index (χ2n) is 5.18. The molecule has 1 fully saturated rings. The molecule has 1 N–H and O–H groups in total. The summed E-state index contributed by atoms with van der Waals surface area (Å²) in [6.45, 7) is 9.17. The molecule has 2 heterocycles. The van der Waals surface area contributed by atoms with Gasteiger partial charge in [-0.05, 0) is 19.4 Å². The molecule has 3 unspecified atom stereocenters. The molecule has 1 aliphatic heterocycles. The van der Waals surface area contributed by atoms with Crippen LogP contribution in [0.4, 0.5) is 0 Å². The summed E-state index contributed by atoms with van der Waals surface area (Å²) in [5.74, 6) is 1.46. The first kappa shape index (κ1) is 15.4. The van der Waals surface area contributed by atoms with Gasteiger partial charge in [-0.2, -0.15) is 4.98 Å². The quantitative estimate of drug-likeness (QED) is 0.826. The lowest BCUT2D eigenvalue weighted by atomic mass is 9.99. The van der Waals surface area contributed by atoms with Crippen molar-refractivity contribution in [3.8, 4) is 0 Å². The molecule has 0 spiro atoms. The summed E-state index contributed by atoms with van der Waals surface area (Å²) >= 11 is 0. The van der Waals surface area contributed by atoms with Crippen LogP contribution in [-0.2, 0) is 9.47 Å². The van der Waals surface area contributed by atoms with E-state index in [2.05, 4.69) is 36.2 Å². The topological polar surface area (TPSA) is 69.4 Å². The van der Waals surface area contributed by atoms with Gasteiger partial charge in [-0.3, -0.25) is 0 Å². The first-order valence-corrected chi connectivity index (χ1v) is 7.52. The largest absolute Gasteiger partial charge is 0.376 e. The van der Waals surface area contributed by atoms with E-state index in [1.54, 1.807) is 0 Å². The highest BCUT2D eigenvalue weighted by molar-refractivity contribution is 4.99. The molecule has 0 amide bonds. The number of rotatable bonds is 7. The Morgan fingerprint density at radius 3 is 2.85 bits per heavy atom. The minimum atomic E-state index is -0.197. The lowest BCUT2D eigenvalue weighted by molar-refractivity contribution is -0.0941. The average molecular weight is 283 g/mol. The summed E-state index contributed by atoms with van der Waals surface area (Å²) in [5, 5.41) is 7.56. The number of nitrogens with zero attached hydrogens (tertiary/aromatic N) is 2. The summed E-state index contributed by atoms with van der Waals surface area (Å²) in [6, 6.07) is 0.353. The number of nitrogens with one attached hydrogen (secondary N) is 1. The number of hydrogen-bond donors (Lipinski definition) is 1. The summed E-state index contributed by atoms with van der Waals surface area (Å²) in [7, 11) is 0. The maximum absolute atomic E-state index is 5.58. The van der Waals surface area contributed by atoms with Crippen LogP contribution in [0.1, 0.15) is 57.3 Å². The van der Waals surface area contributed by atoms with Gasteiger partial charge in [0.15, 0.2) is 0 Å². The first-order valence-electron chi connectivity index (χ1n) is 7.52. The van der Waals surface area contributed by atoms with Crippen LogP contribution in [0.5, 0.6) is 0 Å². The van der Waals surface area contributed by atoms with Crippen molar-refractivity contribution in [3.63, 3.8) is 0 Å². The number of aromatic nitrogens is 2. The molecule has 1 aliphatic rings. The van der Waals surface area contributed by atoms with E-state index in [1.165, 1.54) is 0 Å². The second kappa shape index (κ2) is 7.71. The van der Waals surface area contributed by atoms with Crippen LogP contribution < -0.4 is 5.32 Å². The normalized spacial score (nSPS) is 22.6. The lowest BCUT2D eigenvalue weighted by Crippen LogP contribution is -2.34. The molecule has 0 saturated carbocycles. The fourth-order valence-electron chi connectivity index (χ4n) is 2.38. The van der Waals surface area contributed by atoms with Gasteiger partial charge < -0.3 is 19.3 Å². The molecule has 1 aromatic rings. The third kappa shape index (κ3) is 3.77. The molecule has 6 heteroatoms. The van der Waals surface area contributed by atoms with Gasteiger partial charge in [-0.1, -0.05) is 25.9 Å². The van der Waals surface area contributed by atoms with E-state index in [0.717, 1.165) is 19.4 Å². The van der Waals surface area contributed by atoms with Crippen LogP contribution in [-0.4, -0.2) is 42.5 Å². The molecule has 114 valence electrons. The van der Waals surface area contributed by atoms with Gasteiger partial charge in [-0.25, -0.2) is 0 Å². The Labute approximate surface area is 120 Å². The zero-order valence-corrected chi connectivity index (χ0v) is 12.6. The van der Waals surface area contributed by atoms with Crippen LogP contribution in [0.15, 0.2) is 4.52 Å². The highest BCUT2D eigenvalue weighted by Gasteiger charge is 2.26. The fourth-order valence-corrected chi connectivity index (χ4v) is 2.38. The van der Waals surface area contributed by atoms with Crippen molar-refractivity contribution < 1.29 is 14.0 Å². The molecule has 0 radical (unpaired) electrons.